The van der Waals surface area contributed by atoms with E-state index in [0.717, 1.165) is 30.8 Å². The van der Waals surface area contributed by atoms with Gasteiger partial charge in [0.05, 0.1) is 5.02 Å². The first-order chi connectivity index (χ1) is 9.65. The summed E-state index contributed by atoms with van der Waals surface area (Å²) in [5, 5.41) is 6.75. The number of hydrogen-bond donors (Lipinski definition) is 1. The van der Waals surface area contributed by atoms with Crippen LogP contribution in [-0.2, 0) is 12.8 Å². The quantitative estimate of drug-likeness (QED) is 0.696. The third kappa shape index (κ3) is 3.85. The van der Waals surface area contributed by atoms with E-state index in [4.69, 9.17) is 11.6 Å². The summed E-state index contributed by atoms with van der Waals surface area (Å²) in [4.78, 5) is 4.18. The third-order valence-corrected chi connectivity index (χ3v) is 6.43. The second kappa shape index (κ2) is 7.60. The highest BCUT2D eigenvalue weighted by Gasteiger charge is 2.18. The Bertz CT molecular complexity index is 544. The molecule has 2 rings (SSSR count). The summed E-state index contributed by atoms with van der Waals surface area (Å²) in [6.45, 7) is 7.52. The molecule has 0 saturated heterocycles. The predicted molar refractivity (Wildman–Crippen MR) is 92.5 cm³/mol. The van der Waals surface area contributed by atoms with Crippen molar-refractivity contribution < 1.29 is 0 Å². The zero-order valence-corrected chi connectivity index (χ0v) is 14.7. The molecule has 2 aromatic rings. The monoisotopic (exact) mass is 327 g/mol. The van der Waals surface area contributed by atoms with Crippen LogP contribution in [0, 0.1) is 6.92 Å². The summed E-state index contributed by atoms with van der Waals surface area (Å²) in [6.07, 6.45) is 3.30. The Balaban J connectivity index is 2.16. The zero-order valence-electron chi connectivity index (χ0n) is 12.3. The highest BCUT2D eigenvalue weighted by atomic mass is 35.5. The van der Waals surface area contributed by atoms with E-state index in [1.807, 2.05) is 11.3 Å². The first kappa shape index (κ1) is 16.0. The summed E-state index contributed by atoms with van der Waals surface area (Å²) >= 11 is 10.2. The molecule has 0 aliphatic carbocycles. The zero-order chi connectivity index (χ0) is 14.5. The van der Waals surface area contributed by atoms with Gasteiger partial charge in [0, 0.05) is 27.1 Å². The molecule has 1 N–H and O–H groups in total. The fourth-order valence-corrected chi connectivity index (χ4v) is 4.59. The number of aryl methyl sites for hydroxylation is 2. The molecule has 0 radical (unpaired) electrons. The molecule has 110 valence electrons. The Kier molecular flexibility index (Phi) is 6.09. The second-order valence-electron chi connectivity index (χ2n) is 5.03. The van der Waals surface area contributed by atoms with Gasteiger partial charge in [-0.2, -0.15) is 0 Å². The second-order valence-corrected chi connectivity index (χ2v) is 7.57. The van der Waals surface area contributed by atoms with E-state index >= 15 is 0 Å². The Morgan fingerprint density at radius 1 is 1.25 bits per heavy atom. The summed E-state index contributed by atoms with van der Waals surface area (Å²) in [5.74, 6) is 0. The summed E-state index contributed by atoms with van der Waals surface area (Å²) in [7, 11) is 0. The van der Waals surface area contributed by atoms with Crippen molar-refractivity contribution in [2.45, 2.75) is 46.1 Å². The van der Waals surface area contributed by atoms with Crippen LogP contribution < -0.4 is 5.32 Å². The fraction of sp³-hybridized carbons (Fsp3) is 0.500. The molecule has 2 aromatic heterocycles. The van der Waals surface area contributed by atoms with Crippen LogP contribution in [0.2, 0.25) is 5.02 Å². The van der Waals surface area contributed by atoms with Gasteiger partial charge in [-0.15, -0.1) is 22.7 Å². The molecule has 0 aliphatic heterocycles. The maximum absolute atomic E-state index is 6.45. The molecule has 0 aliphatic rings. The van der Waals surface area contributed by atoms with Crippen molar-refractivity contribution >= 4 is 34.3 Å². The van der Waals surface area contributed by atoms with Crippen LogP contribution in [-0.4, -0.2) is 6.54 Å². The lowest BCUT2D eigenvalue weighted by atomic mass is 10.1. The van der Waals surface area contributed by atoms with E-state index in [0.29, 0.717) is 6.04 Å². The minimum absolute atomic E-state index is 0.338. The third-order valence-electron chi connectivity index (χ3n) is 3.35. The fourth-order valence-electron chi connectivity index (χ4n) is 2.18. The molecule has 4 heteroatoms. The lowest BCUT2D eigenvalue weighted by Gasteiger charge is -2.17. The maximum atomic E-state index is 6.45. The van der Waals surface area contributed by atoms with Gasteiger partial charge in [-0.05, 0) is 49.4 Å². The van der Waals surface area contributed by atoms with Crippen LogP contribution in [0.3, 0.4) is 0 Å². The normalized spacial score (nSPS) is 12.8. The Morgan fingerprint density at radius 3 is 2.55 bits per heavy atom. The van der Waals surface area contributed by atoms with Crippen LogP contribution in [0.15, 0.2) is 17.5 Å². The van der Waals surface area contributed by atoms with Gasteiger partial charge in [0.1, 0.15) is 0 Å². The average Bonchev–Trinajstić information content (AvgIpc) is 3.03. The molecular weight excluding hydrogens is 306 g/mol. The summed E-state index contributed by atoms with van der Waals surface area (Å²) in [6, 6.07) is 4.85. The molecule has 20 heavy (non-hydrogen) atoms. The highest BCUT2D eigenvalue weighted by Crippen LogP contribution is 2.35. The van der Waals surface area contributed by atoms with Gasteiger partial charge in [-0.1, -0.05) is 25.4 Å². The summed E-state index contributed by atoms with van der Waals surface area (Å²) < 4.78 is 0. The number of hydrogen-bond acceptors (Lipinski definition) is 3. The van der Waals surface area contributed by atoms with Crippen LogP contribution >= 0.6 is 34.3 Å². The maximum Gasteiger partial charge on any atom is 0.0590 e. The van der Waals surface area contributed by atoms with Crippen molar-refractivity contribution in [1.29, 1.82) is 0 Å². The molecule has 1 atom stereocenters. The van der Waals surface area contributed by atoms with E-state index in [1.54, 1.807) is 11.3 Å². The van der Waals surface area contributed by atoms with Crippen molar-refractivity contribution in [2.75, 3.05) is 6.54 Å². The minimum Gasteiger partial charge on any atom is -0.309 e. The van der Waals surface area contributed by atoms with E-state index in [-0.39, 0.29) is 0 Å². The molecule has 0 amide bonds. The Labute approximate surface area is 135 Å². The van der Waals surface area contributed by atoms with Gasteiger partial charge >= 0.3 is 0 Å². The highest BCUT2D eigenvalue weighted by molar-refractivity contribution is 7.12. The smallest absolute Gasteiger partial charge is 0.0590 e. The molecule has 0 fully saturated rings. The van der Waals surface area contributed by atoms with Gasteiger partial charge in [-0.25, -0.2) is 0 Å². The molecule has 2 heterocycles. The van der Waals surface area contributed by atoms with E-state index in [9.17, 15) is 0 Å². The molecular formula is C16H22ClNS2. The van der Waals surface area contributed by atoms with Crippen molar-refractivity contribution in [1.82, 2.24) is 5.32 Å². The van der Waals surface area contributed by atoms with E-state index < -0.39 is 0 Å². The lowest BCUT2D eigenvalue weighted by molar-refractivity contribution is 0.539. The molecule has 0 aromatic carbocycles. The molecule has 0 bridgehead atoms. The van der Waals surface area contributed by atoms with E-state index in [2.05, 4.69) is 43.6 Å². The summed E-state index contributed by atoms with van der Waals surface area (Å²) in [5.41, 5.74) is 1.19. The molecule has 1 nitrogen and oxygen atoms in total. The number of nitrogens with one attached hydrogen (secondary N) is 1. The first-order valence-corrected chi connectivity index (χ1v) is 9.27. The lowest BCUT2D eigenvalue weighted by Crippen LogP contribution is -2.23. The number of thiophene rings is 2. The van der Waals surface area contributed by atoms with Crippen molar-refractivity contribution in [3.63, 3.8) is 0 Å². The topological polar surface area (TPSA) is 12.0 Å². The van der Waals surface area contributed by atoms with Gasteiger partial charge in [0.25, 0.3) is 0 Å². The van der Waals surface area contributed by atoms with Crippen LogP contribution in [0.25, 0.3) is 0 Å². The van der Waals surface area contributed by atoms with Crippen LogP contribution in [0.5, 0.6) is 0 Å². The van der Waals surface area contributed by atoms with Gasteiger partial charge < -0.3 is 5.32 Å². The predicted octanol–water partition coefficient (Wildman–Crippen LogP) is 5.62. The minimum atomic E-state index is 0.338. The largest absolute Gasteiger partial charge is 0.309 e. The molecule has 0 saturated carbocycles. The number of halogens is 1. The first-order valence-electron chi connectivity index (χ1n) is 7.20. The van der Waals surface area contributed by atoms with Crippen LogP contribution in [0.1, 0.15) is 46.5 Å². The molecule has 1 unspecified atom stereocenters. The van der Waals surface area contributed by atoms with Gasteiger partial charge in [0.2, 0.25) is 0 Å². The van der Waals surface area contributed by atoms with Crippen LogP contribution in [0.4, 0.5) is 0 Å². The standard InChI is InChI=1S/C16H22ClNS2/c1-4-8-18-14(16-15(17)11(3)10-19-16)9-13-7-6-12(5-2)20-13/h6-7,10,14,18H,4-5,8-9H2,1-3H3. The van der Waals surface area contributed by atoms with Crippen molar-refractivity contribution in [3.8, 4) is 0 Å². The van der Waals surface area contributed by atoms with E-state index in [1.165, 1.54) is 20.2 Å². The SMILES string of the molecule is CCCNC(Cc1ccc(CC)s1)c1scc(C)c1Cl. The Morgan fingerprint density at radius 2 is 2.00 bits per heavy atom. The van der Waals surface area contributed by atoms with Crippen molar-refractivity contribution in [3.05, 3.63) is 42.7 Å². The average molecular weight is 328 g/mol. The Hall–Kier alpha value is -0.350. The van der Waals surface area contributed by atoms with Gasteiger partial charge in [0.15, 0.2) is 0 Å². The molecule has 0 spiro atoms. The number of rotatable bonds is 7. The van der Waals surface area contributed by atoms with Crippen molar-refractivity contribution in [2.24, 2.45) is 0 Å². The van der Waals surface area contributed by atoms with Gasteiger partial charge in [-0.3, -0.25) is 0 Å².